The average Bonchev–Trinajstić information content (AvgIpc) is 3.01. The van der Waals surface area contributed by atoms with Crippen molar-refractivity contribution in [2.45, 2.75) is 43.2 Å². The Balaban J connectivity index is 1.47. The molecule has 0 spiro atoms. The molecule has 2 heterocycles. The minimum Gasteiger partial charge on any atom is -0.508 e. The fourth-order valence-electron chi connectivity index (χ4n) is 5.11. The number of rotatable bonds is 8. The van der Waals surface area contributed by atoms with Gasteiger partial charge in [0.15, 0.2) is 34.9 Å². The van der Waals surface area contributed by atoms with Crippen molar-refractivity contribution in [2.75, 3.05) is 20.8 Å². The maximum absolute atomic E-state index is 13.1. The highest BCUT2D eigenvalue weighted by atomic mass is 16.7. The number of hydrogen-bond donors (Lipinski definition) is 7. The minimum atomic E-state index is -1.82. The van der Waals surface area contributed by atoms with Gasteiger partial charge in [-0.05, 0) is 36.4 Å². The zero-order valence-corrected chi connectivity index (χ0v) is 23.8. The van der Waals surface area contributed by atoms with E-state index in [1.54, 1.807) is 0 Å². The van der Waals surface area contributed by atoms with Gasteiger partial charge in [-0.15, -0.1) is 0 Å². The molecule has 240 valence electrons. The van der Waals surface area contributed by atoms with E-state index < -0.39 is 66.7 Å². The van der Waals surface area contributed by atoms with Crippen molar-refractivity contribution >= 4 is 11.8 Å². The molecule has 1 saturated heterocycles. The number of ketones is 1. The molecule has 2 aliphatic heterocycles. The van der Waals surface area contributed by atoms with E-state index in [4.69, 9.17) is 28.4 Å². The molecule has 0 aromatic heterocycles. The number of aromatic hydroxyl groups is 4. The predicted octanol–water partition coefficient (Wildman–Crippen LogP) is 1.28. The summed E-state index contributed by atoms with van der Waals surface area (Å²) in [5, 5.41) is 72.0. The quantitative estimate of drug-likeness (QED) is 0.174. The maximum Gasteiger partial charge on any atom is 0.338 e. The first-order valence-corrected chi connectivity index (χ1v) is 13.5. The molecule has 15 heteroatoms. The van der Waals surface area contributed by atoms with Crippen LogP contribution in [-0.4, -0.2) is 99.0 Å². The number of Topliss-reactive ketones (excluding diaryl/α,β-unsaturated/α-hetero) is 1. The smallest absolute Gasteiger partial charge is 0.338 e. The van der Waals surface area contributed by atoms with Gasteiger partial charge >= 0.3 is 5.97 Å². The standard InChI is InChI=1S/C30H30O15/c1-40-20-7-12(3-5-15(20)33)29(39)45-28-26(38)24(36)22(11-31)44-30(28)43-18-6-4-13(32)8-14(18)19-9-16(34)23-21(42-19)10-17(35)27(41-2)25(23)37/h3-8,10,19,22,24,26,28,30-33,35-38H,9,11H2,1-2H3/t19-,22+,24+,26-,28+,30+/m0/s1. The summed E-state index contributed by atoms with van der Waals surface area (Å²) < 4.78 is 33.0. The lowest BCUT2D eigenvalue weighted by Crippen LogP contribution is -2.61. The fourth-order valence-corrected chi connectivity index (χ4v) is 5.11. The summed E-state index contributed by atoms with van der Waals surface area (Å²) in [7, 11) is 2.48. The van der Waals surface area contributed by atoms with E-state index in [2.05, 4.69) is 0 Å². The second-order valence-electron chi connectivity index (χ2n) is 10.2. The van der Waals surface area contributed by atoms with Gasteiger partial charge < -0.3 is 64.2 Å². The Hall–Kier alpha value is -4.96. The van der Waals surface area contributed by atoms with E-state index in [-0.39, 0.29) is 57.6 Å². The number of carbonyl (C=O) groups excluding carboxylic acids is 2. The Labute approximate surface area is 254 Å². The first kappa shape index (κ1) is 31.5. The number of hydrogen-bond acceptors (Lipinski definition) is 15. The summed E-state index contributed by atoms with van der Waals surface area (Å²) in [5.74, 6) is -3.80. The van der Waals surface area contributed by atoms with Crippen LogP contribution in [-0.2, 0) is 9.47 Å². The van der Waals surface area contributed by atoms with Gasteiger partial charge in [-0.25, -0.2) is 4.79 Å². The Morgan fingerprint density at radius 3 is 2.38 bits per heavy atom. The van der Waals surface area contributed by atoms with Crippen LogP contribution in [0.25, 0.3) is 0 Å². The molecule has 15 nitrogen and oxygen atoms in total. The molecule has 0 radical (unpaired) electrons. The molecular weight excluding hydrogens is 600 g/mol. The lowest BCUT2D eigenvalue weighted by molar-refractivity contribution is -0.276. The van der Waals surface area contributed by atoms with Crippen LogP contribution in [0.15, 0.2) is 42.5 Å². The molecular formula is C30H30O15. The molecule has 0 aliphatic carbocycles. The second-order valence-corrected chi connectivity index (χ2v) is 10.2. The molecule has 0 bridgehead atoms. The van der Waals surface area contributed by atoms with Crippen LogP contribution in [0.1, 0.15) is 38.8 Å². The highest BCUT2D eigenvalue weighted by Gasteiger charge is 2.48. The van der Waals surface area contributed by atoms with Crippen LogP contribution >= 0.6 is 0 Å². The van der Waals surface area contributed by atoms with E-state index >= 15 is 0 Å². The monoisotopic (exact) mass is 630 g/mol. The number of fused-ring (bicyclic) bond motifs is 1. The molecule has 0 saturated carbocycles. The number of aliphatic hydroxyl groups excluding tert-OH is 3. The molecule has 3 aromatic rings. The number of ether oxygens (including phenoxy) is 6. The van der Waals surface area contributed by atoms with E-state index in [9.17, 15) is 45.3 Å². The van der Waals surface area contributed by atoms with Crippen molar-refractivity contribution in [3.05, 3.63) is 59.2 Å². The van der Waals surface area contributed by atoms with Crippen LogP contribution in [0.5, 0.6) is 46.0 Å². The normalized spacial score (nSPS) is 24.2. The van der Waals surface area contributed by atoms with Crippen LogP contribution < -0.4 is 18.9 Å². The SMILES string of the molecule is COc1cc(C(=O)O[C@H]2[C@H](Oc3ccc(O)cc3[C@@H]3CC(=O)c4c(cc(O)c(OC)c4O)O3)O[C@H](CO)[C@@H](O)[C@@H]2O)ccc1O. The predicted molar refractivity (Wildman–Crippen MR) is 149 cm³/mol. The fraction of sp³-hybridized carbons (Fsp3) is 0.333. The highest BCUT2D eigenvalue weighted by molar-refractivity contribution is 6.03. The third kappa shape index (κ3) is 5.93. The Bertz CT molecular complexity index is 1600. The third-order valence-corrected chi connectivity index (χ3v) is 7.39. The molecule has 5 rings (SSSR count). The van der Waals surface area contributed by atoms with Crippen molar-refractivity contribution in [1.82, 2.24) is 0 Å². The summed E-state index contributed by atoms with van der Waals surface area (Å²) >= 11 is 0. The van der Waals surface area contributed by atoms with Crippen molar-refractivity contribution in [2.24, 2.45) is 0 Å². The Morgan fingerprint density at radius 1 is 0.933 bits per heavy atom. The molecule has 7 N–H and O–H groups in total. The van der Waals surface area contributed by atoms with Gasteiger partial charge in [0.1, 0.15) is 47.2 Å². The molecule has 0 amide bonds. The lowest BCUT2D eigenvalue weighted by atomic mass is 9.94. The zero-order chi connectivity index (χ0) is 32.6. The highest BCUT2D eigenvalue weighted by Crippen LogP contribution is 2.49. The van der Waals surface area contributed by atoms with Gasteiger partial charge in [0.25, 0.3) is 0 Å². The number of phenolic OH excluding ortho intramolecular Hbond substituents is 4. The number of aliphatic hydroxyl groups is 3. The number of phenols is 4. The zero-order valence-electron chi connectivity index (χ0n) is 23.8. The van der Waals surface area contributed by atoms with E-state index in [1.807, 2.05) is 0 Å². The number of benzene rings is 3. The lowest BCUT2D eigenvalue weighted by Gasteiger charge is -2.41. The largest absolute Gasteiger partial charge is 0.508 e. The summed E-state index contributed by atoms with van der Waals surface area (Å²) in [6.45, 7) is -0.746. The van der Waals surface area contributed by atoms with Crippen molar-refractivity contribution in [3.63, 3.8) is 0 Å². The molecule has 2 aliphatic rings. The van der Waals surface area contributed by atoms with Gasteiger partial charge in [-0.2, -0.15) is 0 Å². The van der Waals surface area contributed by atoms with E-state index in [1.165, 1.54) is 50.6 Å². The molecule has 45 heavy (non-hydrogen) atoms. The number of methoxy groups -OCH3 is 2. The summed E-state index contributed by atoms with van der Waals surface area (Å²) in [6.07, 6.45) is -9.73. The summed E-state index contributed by atoms with van der Waals surface area (Å²) in [6, 6.07) is 8.45. The summed E-state index contributed by atoms with van der Waals surface area (Å²) in [5.41, 5.74) is -0.225. The molecule has 0 unspecified atom stereocenters. The summed E-state index contributed by atoms with van der Waals surface area (Å²) in [4.78, 5) is 26.2. The Kier molecular flexibility index (Phi) is 8.79. The van der Waals surface area contributed by atoms with Crippen molar-refractivity contribution in [3.8, 4) is 46.0 Å². The topological polar surface area (TPSA) is 231 Å². The van der Waals surface area contributed by atoms with Crippen molar-refractivity contribution < 1.29 is 73.8 Å². The van der Waals surface area contributed by atoms with Gasteiger partial charge in [0, 0.05) is 11.6 Å². The average molecular weight is 631 g/mol. The van der Waals surface area contributed by atoms with E-state index in [0.29, 0.717) is 0 Å². The third-order valence-electron chi connectivity index (χ3n) is 7.39. The maximum atomic E-state index is 13.1. The van der Waals surface area contributed by atoms with Crippen LogP contribution in [0, 0.1) is 0 Å². The van der Waals surface area contributed by atoms with Crippen LogP contribution in [0.3, 0.4) is 0 Å². The van der Waals surface area contributed by atoms with Crippen LogP contribution in [0.2, 0.25) is 0 Å². The first-order valence-electron chi connectivity index (χ1n) is 13.5. The Morgan fingerprint density at radius 2 is 1.69 bits per heavy atom. The van der Waals surface area contributed by atoms with Gasteiger partial charge in [-0.1, -0.05) is 0 Å². The first-order chi connectivity index (χ1) is 21.5. The van der Waals surface area contributed by atoms with E-state index in [0.717, 1.165) is 6.07 Å². The molecule has 6 atom stereocenters. The van der Waals surface area contributed by atoms with Crippen molar-refractivity contribution in [1.29, 1.82) is 0 Å². The molecule has 3 aromatic carbocycles. The van der Waals surface area contributed by atoms with Gasteiger partial charge in [0.05, 0.1) is 32.8 Å². The van der Waals surface area contributed by atoms with Gasteiger partial charge in [-0.3, -0.25) is 4.79 Å². The van der Waals surface area contributed by atoms with Crippen LogP contribution in [0.4, 0.5) is 0 Å². The second kappa shape index (κ2) is 12.6. The van der Waals surface area contributed by atoms with Gasteiger partial charge in [0.2, 0.25) is 12.0 Å². The number of carbonyl (C=O) groups is 2. The minimum absolute atomic E-state index is 0.0320. The molecule has 1 fully saturated rings. The number of esters is 1.